The summed E-state index contributed by atoms with van der Waals surface area (Å²) in [6.07, 6.45) is 3.74. The van der Waals surface area contributed by atoms with Crippen LogP contribution in [0.25, 0.3) is 17.0 Å². The van der Waals surface area contributed by atoms with Crippen LogP contribution in [0, 0.1) is 6.92 Å². The molecule has 1 aromatic carbocycles. The first kappa shape index (κ1) is 27.3. The van der Waals surface area contributed by atoms with Crippen molar-refractivity contribution in [2.24, 2.45) is 7.05 Å². The second kappa shape index (κ2) is 10.5. The third kappa shape index (κ3) is 4.92. The Balaban J connectivity index is 1.46. The number of benzene rings is 1. The Labute approximate surface area is 236 Å². The number of hydrogen-bond acceptors (Lipinski definition) is 7. The molecular formula is C28H33ClF3N7O. The molecule has 0 amide bonds. The fourth-order valence-electron chi connectivity index (χ4n) is 6.15. The van der Waals surface area contributed by atoms with Gasteiger partial charge in [-0.3, -0.25) is 4.68 Å². The van der Waals surface area contributed by atoms with E-state index in [0.717, 1.165) is 41.4 Å². The van der Waals surface area contributed by atoms with Crippen LogP contribution < -0.4 is 15.0 Å². The lowest BCUT2D eigenvalue weighted by Gasteiger charge is -2.32. The minimum Gasteiger partial charge on any atom is -0.462 e. The highest BCUT2D eigenvalue weighted by molar-refractivity contribution is 6.33. The number of likely N-dealkylation sites (tertiary alicyclic amines) is 1. The molecule has 2 fully saturated rings. The van der Waals surface area contributed by atoms with Gasteiger partial charge in [0.2, 0.25) is 0 Å². The molecule has 2 unspecified atom stereocenters. The Kier molecular flexibility index (Phi) is 7.16. The number of likely N-dealkylation sites (N-methyl/N-ethyl adjacent to an activating group) is 1. The van der Waals surface area contributed by atoms with Gasteiger partial charge in [-0.05, 0) is 50.6 Å². The summed E-state index contributed by atoms with van der Waals surface area (Å²) in [5, 5.41) is 8.27. The fraction of sp³-hybridized carbons (Fsp3) is 0.536. The molecule has 3 atom stereocenters. The predicted molar refractivity (Wildman–Crippen MR) is 149 cm³/mol. The lowest BCUT2D eigenvalue weighted by molar-refractivity contribution is 0.0155. The van der Waals surface area contributed by atoms with Crippen LogP contribution in [0.1, 0.15) is 47.3 Å². The second-order valence-corrected chi connectivity index (χ2v) is 11.5. The van der Waals surface area contributed by atoms with Gasteiger partial charge in [0.15, 0.2) is 6.17 Å². The molecule has 4 heterocycles. The number of alkyl halides is 3. The number of nitrogens with one attached hydrogen (secondary N) is 1. The molecule has 3 aromatic rings. The second-order valence-electron chi connectivity index (χ2n) is 11.1. The maximum Gasteiger partial charge on any atom is 0.318 e. The lowest BCUT2D eigenvalue weighted by atomic mass is 9.83. The highest BCUT2D eigenvalue weighted by Crippen LogP contribution is 2.50. The Morgan fingerprint density at radius 1 is 1.20 bits per heavy atom. The Morgan fingerprint density at radius 3 is 2.80 bits per heavy atom. The van der Waals surface area contributed by atoms with Gasteiger partial charge in [0, 0.05) is 42.2 Å². The third-order valence-corrected chi connectivity index (χ3v) is 8.62. The number of aryl methyl sites for hydroxylation is 2. The maximum absolute atomic E-state index is 16.8. The molecular weight excluding hydrogens is 543 g/mol. The molecule has 3 aliphatic rings. The molecule has 0 bridgehead atoms. The molecule has 1 aliphatic carbocycles. The van der Waals surface area contributed by atoms with E-state index >= 15 is 4.39 Å². The van der Waals surface area contributed by atoms with Crippen LogP contribution in [0.5, 0.6) is 6.01 Å². The van der Waals surface area contributed by atoms with E-state index in [1.54, 1.807) is 17.0 Å². The summed E-state index contributed by atoms with van der Waals surface area (Å²) in [5.41, 5.74) is 2.78. The molecule has 0 spiro atoms. The van der Waals surface area contributed by atoms with Crippen LogP contribution in [-0.2, 0) is 7.05 Å². The van der Waals surface area contributed by atoms with Crippen molar-refractivity contribution < 1.29 is 17.9 Å². The number of rotatable bonds is 5. The van der Waals surface area contributed by atoms with Crippen molar-refractivity contribution in [2.45, 2.75) is 43.8 Å². The molecule has 0 saturated carbocycles. The Bertz CT molecular complexity index is 1460. The summed E-state index contributed by atoms with van der Waals surface area (Å²) in [4.78, 5) is 12.8. The quantitative estimate of drug-likeness (QED) is 0.478. The zero-order valence-electron chi connectivity index (χ0n) is 22.8. The summed E-state index contributed by atoms with van der Waals surface area (Å²) in [5.74, 6) is -3.64. The first-order chi connectivity index (χ1) is 19.1. The van der Waals surface area contributed by atoms with Gasteiger partial charge >= 0.3 is 6.01 Å². The van der Waals surface area contributed by atoms with E-state index < -0.39 is 31.1 Å². The standard InChI is InChI=1S/C28H33ClF3N7O/c1-16-6-7-17-12-34-38(3)25(17)21(16)22-20(29)11-19-24(23(22)30)35-27(40-13-18-5-4-9-37(18)2)36-26(19)39-10-8-33-14-28(31,32)15-39/h6-7,11-12,18,22-23,33H,4-5,8-10,13-15H2,1-3H3/t18-,22?,23?/m0/s1. The van der Waals surface area contributed by atoms with Gasteiger partial charge in [-0.1, -0.05) is 23.7 Å². The SMILES string of the molecule is Cc1ccc2cnn(C)c2c1C1C(Cl)=Cc2c(nc(OC[C@@H]3CCCN3C)nc2N2CCNCC(F)(F)C2)C1F. The van der Waals surface area contributed by atoms with E-state index in [9.17, 15) is 8.78 Å². The molecule has 2 aromatic heterocycles. The van der Waals surface area contributed by atoms with Crippen molar-refractivity contribution in [3.05, 3.63) is 45.7 Å². The highest BCUT2D eigenvalue weighted by atomic mass is 35.5. The van der Waals surface area contributed by atoms with Gasteiger partial charge in [0.25, 0.3) is 5.92 Å². The minimum absolute atomic E-state index is 0.0159. The molecule has 6 rings (SSSR count). The average molecular weight is 576 g/mol. The van der Waals surface area contributed by atoms with Crippen LogP contribution in [-0.4, -0.2) is 83.0 Å². The molecule has 2 aliphatic heterocycles. The van der Waals surface area contributed by atoms with Gasteiger partial charge in [-0.25, -0.2) is 13.2 Å². The highest BCUT2D eigenvalue weighted by Gasteiger charge is 2.41. The normalized spacial score (nSPS) is 25.1. The number of anilines is 1. The summed E-state index contributed by atoms with van der Waals surface area (Å²) in [7, 11) is 3.84. The third-order valence-electron chi connectivity index (χ3n) is 8.28. The van der Waals surface area contributed by atoms with E-state index in [2.05, 4.69) is 25.3 Å². The van der Waals surface area contributed by atoms with Gasteiger partial charge < -0.3 is 19.9 Å². The summed E-state index contributed by atoms with van der Waals surface area (Å²) < 4.78 is 53.9. The van der Waals surface area contributed by atoms with Crippen LogP contribution in [0.2, 0.25) is 0 Å². The van der Waals surface area contributed by atoms with Crippen LogP contribution >= 0.6 is 11.6 Å². The first-order valence-electron chi connectivity index (χ1n) is 13.6. The molecule has 8 nitrogen and oxygen atoms in total. The van der Waals surface area contributed by atoms with Crippen molar-refractivity contribution in [1.29, 1.82) is 0 Å². The van der Waals surface area contributed by atoms with Crippen molar-refractivity contribution in [1.82, 2.24) is 30.0 Å². The number of allylic oxidation sites excluding steroid dienone is 1. The van der Waals surface area contributed by atoms with Crippen molar-refractivity contribution in [3.63, 3.8) is 0 Å². The zero-order valence-corrected chi connectivity index (χ0v) is 23.6. The Hall–Kier alpha value is -2.89. The number of nitrogens with zero attached hydrogens (tertiary/aromatic N) is 6. The van der Waals surface area contributed by atoms with E-state index in [1.165, 1.54) is 4.90 Å². The van der Waals surface area contributed by atoms with Gasteiger partial charge in [0.05, 0.1) is 36.4 Å². The van der Waals surface area contributed by atoms with Gasteiger partial charge in [-0.2, -0.15) is 15.1 Å². The molecule has 0 radical (unpaired) electrons. The summed E-state index contributed by atoms with van der Waals surface area (Å²) in [6, 6.07) is 4.04. The molecule has 2 saturated heterocycles. The summed E-state index contributed by atoms with van der Waals surface area (Å²) in [6.45, 7) is 2.81. The summed E-state index contributed by atoms with van der Waals surface area (Å²) >= 11 is 6.85. The maximum atomic E-state index is 16.8. The number of aromatic nitrogens is 4. The Morgan fingerprint density at radius 2 is 2.02 bits per heavy atom. The number of halogens is 4. The van der Waals surface area contributed by atoms with Gasteiger partial charge in [0.1, 0.15) is 12.4 Å². The molecule has 12 heteroatoms. The largest absolute Gasteiger partial charge is 0.462 e. The van der Waals surface area contributed by atoms with Crippen LogP contribution in [0.3, 0.4) is 0 Å². The zero-order chi connectivity index (χ0) is 28.2. The monoisotopic (exact) mass is 575 g/mol. The van der Waals surface area contributed by atoms with Crippen molar-refractivity contribution in [2.75, 3.05) is 51.3 Å². The molecule has 40 heavy (non-hydrogen) atoms. The first-order valence-corrected chi connectivity index (χ1v) is 14.0. The van der Waals surface area contributed by atoms with Crippen LogP contribution in [0.4, 0.5) is 19.0 Å². The van der Waals surface area contributed by atoms with Crippen molar-refractivity contribution >= 4 is 34.4 Å². The van der Waals surface area contributed by atoms with E-state index in [4.69, 9.17) is 16.3 Å². The topological polar surface area (TPSA) is 71.3 Å². The number of ether oxygens (including phenoxy) is 1. The minimum atomic E-state index is -2.99. The van der Waals surface area contributed by atoms with Gasteiger partial charge in [-0.15, -0.1) is 0 Å². The number of fused-ring (bicyclic) bond motifs is 2. The molecule has 1 N–H and O–H groups in total. The van der Waals surface area contributed by atoms with E-state index in [-0.39, 0.29) is 35.1 Å². The number of hydrogen-bond donors (Lipinski definition) is 1. The average Bonchev–Trinajstić information content (AvgIpc) is 3.44. The van der Waals surface area contributed by atoms with E-state index in [1.807, 2.05) is 33.2 Å². The van der Waals surface area contributed by atoms with E-state index in [0.29, 0.717) is 18.7 Å². The fourth-order valence-corrected chi connectivity index (χ4v) is 6.48. The lowest BCUT2D eigenvalue weighted by Crippen LogP contribution is -2.39. The predicted octanol–water partition coefficient (Wildman–Crippen LogP) is 4.58. The van der Waals surface area contributed by atoms with Crippen molar-refractivity contribution in [3.8, 4) is 6.01 Å². The molecule has 214 valence electrons. The smallest absolute Gasteiger partial charge is 0.318 e. The van der Waals surface area contributed by atoms with Crippen LogP contribution in [0.15, 0.2) is 23.4 Å².